The van der Waals surface area contributed by atoms with E-state index in [2.05, 4.69) is 24.9 Å². The molecule has 0 spiro atoms. The SMILES string of the molecule is CC(N)C(/C=C/c1ccc(-c2cccc(F)c2)cn1)C1C(C)COC1C. The van der Waals surface area contributed by atoms with Crippen LogP contribution in [0.5, 0.6) is 0 Å². The summed E-state index contributed by atoms with van der Waals surface area (Å²) in [6.45, 7) is 7.20. The predicted octanol–water partition coefficient (Wildman–Crippen LogP) is 4.54. The summed E-state index contributed by atoms with van der Waals surface area (Å²) in [5.74, 6) is 0.909. The van der Waals surface area contributed by atoms with Crippen molar-refractivity contribution < 1.29 is 9.13 Å². The predicted molar refractivity (Wildman–Crippen MR) is 104 cm³/mol. The van der Waals surface area contributed by atoms with Crippen LogP contribution in [-0.4, -0.2) is 23.7 Å². The molecule has 3 nitrogen and oxygen atoms in total. The van der Waals surface area contributed by atoms with Gasteiger partial charge in [-0.1, -0.05) is 31.2 Å². The summed E-state index contributed by atoms with van der Waals surface area (Å²) in [7, 11) is 0. The zero-order chi connectivity index (χ0) is 18.7. The average Bonchev–Trinajstić information content (AvgIpc) is 2.95. The number of pyridine rings is 1. The van der Waals surface area contributed by atoms with Gasteiger partial charge in [0.05, 0.1) is 11.8 Å². The van der Waals surface area contributed by atoms with Gasteiger partial charge >= 0.3 is 0 Å². The second-order valence-electron chi connectivity index (χ2n) is 7.37. The summed E-state index contributed by atoms with van der Waals surface area (Å²) in [6, 6.07) is 10.5. The van der Waals surface area contributed by atoms with Crippen LogP contribution in [0.2, 0.25) is 0 Å². The molecule has 2 aromatic rings. The monoisotopic (exact) mass is 354 g/mol. The second-order valence-corrected chi connectivity index (χ2v) is 7.37. The molecule has 138 valence electrons. The molecule has 0 bridgehead atoms. The second kappa shape index (κ2) is 8.11. The molecule has 0 aliphatic carbocycles. The van der Waals surface area contributed by atoms with Crippen molar-refractivity contribution in [3.63, 3.8) is 0 Å². The molecule has 3 rings (SSSR count). The van der Waals surface area contributed by atoms with Crippen molar-refractivity contribution in [1.82, 2.24) is 4.98 Å². The van der Waals surface area contributed by atoms with Crippen LogP contribution >= 0.6 is 0 Å². The number of aromatic nitrogens is 1. The van der Waals surface area contributed by atoms with E-state index in [1.807, 2.05) is 31.2 Å². The van der Waals surface area contributed by atoms with Crippen LogP contribution < -0.4 is 5.73 Å². The lowest BCUT2D eigenvalue weighted by molar-refractivity contribution is 0.0932. The number of benzene rings is 1. The molecule has 2 heterocycles. The van der Waals surface area contributed by atoms with Gasteiger partial charge in [-0.15, -0.1) is 0 Å². The van der Waals surface area contributed by atoms with E-state index in [-0.39, 0.29) is 23.9 Å². The minimum absolute atomic E-state index is 0.0504. The van der Waals surface area contributed by atoms with E-state index in [1.54, 1.807) is 12.3 Å². The Morgan fingerprint density at radius 3 is 2.62 bits per heavy atom. The topological polar surface area (TPSA) is 48.1 Å². The Hall–Kier alpha value is -2.04. The fourth-order valence-electron chi connectivity index (χ4n) is 3.89. The van der Waals surface area contributed by atoms with E-state index < -0.39 is 0 Å². The summed E-state index contributed by atoms with van der Waals surface area (Å²) in [5.41, 5.74) is 8.85. The van der Waals surface area contributed by atoms with Crippen molar-refractivity contribution >= 4 is 6.08 Å². The normalized spacial score (nSPS) is 25.5. The van der Waals surface area contributed by atoms with Gasteiger partial charge in [0, 0.05) is 24.4 Å². The van der Waals surface area contributed by atoms with Crippen LogP contribution in [0.3, 0.4) is 0 Å². The molecule has 0 amide bonds. The highest BCUT2D eigenvalue weighted by Gasteiger charge is 2.37. The number of ether oxygens (including phenoxy) is 1. The number of rotatable bonds is 5. The van der Waals surface area contributed by atoms with Gasteiger partial charge in [0.15, 0.2) is 0 Å². The van der Waals surface area contributed by atoms with E-state index in [0.717, 1.165) is 23.4 Å². The van der Waals surface area contributed by atoms with Crippen LogP contribution in [0.4, 0.5) is 4.39 Å². The third-order valence-corrected chi connectivity index (χ3v) is 5.31. The van der Waals surface area contributed by atoms with Gasteiger partial charge < -0.3 is 10.5 Å². The summed E-state index contributed by atoms with van der Waals surface area (Å²) in [6.07, 6.45) is 6.19. The molecule has 1 aromatic heterocycles. The zero-order valence-electron chi connectivity index (χ0n) is 15.6. The van der Waals surface area contributed by atoms with Gasteiger partial charge in [0.25, 0.3) is 0 Å². The molecule has 1 aliphatic heterocycles. The highest BCUT2D eigenvalue weighted by molar-refractivity contribution is 5.63. The Kier molecular flexibility index (Phi) is 5.84. The maximum absolute atomic E-state index is 13.4. The third kappa shape index (κ3) is 4.19. The fraction of sp³-hybridized carbons (Fsp3) is 0.409. The molecular weight excluding hydrogens is 327 g/mol. The molecule has 1 fully saturated rings. The van der Waals surface area contributed by atoms with Gasteiger partial charge in [0.1, 0.15) is 5.82 Å². The first-order chi connectivity index (χ1) is 12.5. The Morgan fingerprint density at radius 2 is 2.04 bits per heavy atom. The maximum Gasteiger partial charge on any atom is 0.123 e. The van der Waals surface area contributed by atoms with Gasteiger partial charge in [-0.05, 0) is 61.4 Å². The first-order valence-electron chi connectivity index (χ1n) is 9.23. The molecule has 5 unspecified atom stereocenters. The Labute approximate surface area is 155 Å². The number of halogens is 1. The van der Waals surface area contributed by atoms with Crippen LogP contribution in [0.1, 0.15) is 26.5 Å². The standard InChI is InChI=1S/C22H27FN2O/c1-14-13-26-16(3)22(14)21(15(2)24)10-9-20-8-7-18(12-25-20)17-5-4-6-19(23)11-17/h4-12,14-16,21-22H,13,24H2,1-3H3/b10-9+. The number of nitrogens with zero attached hydrogens (tertiary/aromatic N) is 1. The molecule has 0 radical (unpaired) electrons. The Morgan fingerprint density at radius 1 is 1.23 bits per heavy atom. The van der Waals surface area contributed by atoms with E-state index in [0.29, 0.717) is 11.8 Å². The van der Waals surface area contributed by atoms with E-state index in [1.165, 1.54) is 12.1 Å². The minimum Gasteiger partial charge on any atom is -0.378 e. The minimum atomic E-state index is -0.242. The lowest BCUT2D eigenvalue weighted by Gasteiger charge is -2.29. The molecule has 1 aromatic carbocycles. The van der Waals surface area contributed by atoms with Crippen LogP contribution in [0.15, 0.2) is 48.7 Å². The molecular formula is C22H27FN2O. The van der Waals surface area contributed by atoms with Gasteiger partial charge in [-0.3, -0.25) is 4.98 Å². The summed E-state index contributed by atoms with van der Waals surface area (Å²) < 4.78 is 19.2. The number of hydrogen-bond donors (Lipinski definition) is 1. The Bertz CT molecular complexity index is 747. The quantitative estimate of drug-likeness (QED) is 0.858. The Balaban J connectivity index is 1.76. The first-order valence-corrected chi connectivity index (χ1v) is 9.23. The van der Waals surface area contributed by atoms with Crippen molar-refractivity contribution in [2.45, 2.75) is 32.9 Å². The van der Waals surface area contributed by atoms with Crippen LogP contribution in [0.25, 0.3) is 17.2 Å². The number of hydrogen-bond acceptors (Lipinski definition) is 3. The van der Waals surface area contributed by atoms with E-state index >= 15 is 0 Å². The van der Waals surface area contributed by atoms with Crippen molar-refractivity contribution in [2.75, 3.05) is 6.61 Å². The van der Waals surface area contributed by atoms with Crippen molar-refractivity contribution in [1.29, 1.82) is 0 Å². The molecule has 1 aliphatic rings. The lowest BCUT2D eigenvalue weighted by atomic mass is 9.77. The largest absolute Gasteiger partial charge is 0.378 e. The first kappa shape index (κ1) is 18.7. The third-order valence-electron chi connectivity index (χ3n) is 5.31. The molecule has 1 saturated heterocycles. The molecule has 0 saturated carbocycles. The molecule has 26 heavy (non-hydrogen) atoms. The lowest BCUT2D eigenvalue weighted by Crippen LogP contribution is -2.36. The summed E-state index contributed by atoms with van der Waals surface area (Å²) in [5, 5.41) is 0. The summed E-state index contributed by atoms with van der Waals surface area (Å²) in [4.78, 5) is 4.50. The van der Waals surface area contributed by atoms with Crippen LogP contribution in [0, 0.1) is 23.6 Å². The maximum atomic E-state index is 13.4. The zero-order valence-corrected chi connectivity index (χ0v) is 15.6. The van der Waals surface area contributed by atoms with Crippen LogP contribution in [-0.2, 0) is 4.74 Å². The molecule has 2 N–H and O–H groups in total. The average molecular weight is 354 g/mol. The smallest absolute Gasteiger partial charge is 0.123 e. The van der Waals surface area contributed by atoms with Gasteiger partial charge in [0.2, 0.25) is 0 Å². The fourth-order valence-corrected chi connectivity index (χ4v) is 3.89. The molecule has 5 atom stereocenters. The van der Waals surface area contributed by atoms with Crippen molar-refractivity contribution in [2.24, 2.45) is 23.5 Å². The highest BCUT2D eigenvalue weighted by atomic mass is 19.1. The van der Waals surface area contributed by atoms with Crippen molar-refractivity contribution in [3.8, 4) is 11.1 Å². The van der Waals surface area contributed by atoms with Crippen molar-refractivity contribution in [3.05, 3.63) is 60.2 Å². The van der Waals surface area contributed by atoms with Gasteiger partial charge in [-0.25, -0.2) is 4.39 Å². The summed E-state index contributed by atoms with van der Waals surface area (Å²) >= 11 is 0. The van der Waals surface area contributed by atoms with Gasteiger partial charge in [-0.2, -0.15) is 0 Å². The van der Waals surface area contributed by atoms with E-state index in [4.69, 9.17) is 10.5 Å². The molecule has 4 heteroatoms. The highest BCUT2D eigenvalue weighted by Crippen LogP contribution is 2.35. The number of nitrogens with two attached hydrogens (primary N) is 1. The van der Waals surface area contributed by atoms with E-state index in [9.17, 15) is 4.39 Å².